The predicted molar refractivity (Wildman–Crippen MR) is 100 cm³/mol. The number of benzene rings is 2. The summed E-state index contributed by atoms with van der Waals surface area (Å²) in [7, 11) is -3.84. The topological polar surface area (TPSA) is 66.5 Å². The van der Waals surface area contributed by atoms with Gasteiger partial charge in [0.25, 0.3) is 10.0 Å². The van der Waals surface area contributed by atoms with Crippen molar-refractivity contribution >= 4 is 21.6 Å². The van der Waals surface area contributed by atoms with Gasteiger partial charge in [-0.05, 0) is 50.1 Å². The number of rotatable bonds is 7. The van der Waals surface area contributed by atoms with E-state index in [2.05, 4.69) is 5.32 Å². The Kier molecular flexibility index (Phi) is 6.20. The molecule has 1 atom stereocenters. The van der Waals surface area contributed by atoms with Crippen LogP contribution in [-0.4, -0.2) is 26.9 Å². The van der Waals surface area contributed by atoms with Gasteiger partial charge in [-0.3, -0.25) is 9.10 Å². The molecule has 2 rings (SSSR count). The monoisotopic (exact) mass is 360 g/mol. The number of nitrogens with one attached hydrogen (secondary N) is 1. The molecule has 2 aromatic rings. The van der Waals surface area contributed by atoms with Crippen molar-refractivity contribution in [2.45, 2.75) is 38.1 Å². The second-order valence-electron chi connectivity index (χ2n) is 6.04. The van der Waals surface area contributed by atoms with Crippen LogP contribution in [0.5, 0.6) is 0 Å². The zero-order chi connectivity index (χ0) is 18.4. The van der Waals surface area contributed by atoms with Crippen LogP contribution in [0.4, 0.5) is 5.69 Å². The van der Waals surface area contributed by atoms with Gasteiger partial charge in [0.15, 0.2) is 0 Å². The van der Waals surface area contributed by atoms with Gasteiger partial charge in [0.1, 0.15) is 6.54 Å². The molecule has 0 aliphatic rings. The molecule has 0 aliphatic heterocycles. The van der Waals surface area contributed by atoms with Crippen molar-refractivity contribution in [2.24, 2.45) is 0 Å². The summed E-state index contributed by atoms with van der Waals surface area (Å²) >= 11 is 0. The summed E-state index contributed by atoms with van der Waals surface area (Å²) in [6.45, 7) is 5.48. The SMILES string of the molecule is CC[C@H](C)NC(=O)CN(c1cccc(C)c1)S(=O)(=O)c1ccccc1. The van der Waals surface area contributed by atoms with Crippen molar-refractivity contribution in [1.82, 2.24) is 5.32 Å². The van der Waals surface area contributed by atoms with Gasteiger partial charge in [-0.2, -0.15) is 0 Å². The van der Waals surface area contributed by atoms with Gasteiger partial charge in [-0.1, -0.05) is 37.3 Å². The van der Waals surface area contributed by atoms with Crippen LogP contribution < -0.4 is 9.62 Å². The minimum Gasteiger partial charge on any atom is -0.352 e. The first-order valence-electron chi connectivity index (χ1n) is 8.28. The van der Waals surface area contributed by atoms with Crippen LogP contribution in [0.25, 0.3) is 0 Å². The first kappa shape index (κ1) is 19.0. The summed E-state index contributed by atoms with van der Waals surface area (Å²) in [5.74, 6) is -0.324. The molecule has 1 N–H and O–H groups in total. The molecule has 0 unspecified atom stereocenters. The number of hydrogen-bond donors (Lipinski definition) is 1. The normalized spacial score (nSPS) is 12.4. The lowest BCUT2D eigenvalue weighted by molar-refractivity contribution is -0.120. The fraction of sp³-hybridized carbons (Fsp3) is 0.316. The predicted octanol–water partition coefficient (Wildman–Crippen LogP) is 3.11. The minimum absolute atomic E-state index is 0.00807. The number of nitrogens with zero attached hydrogens (tertiary/aromatic N) is 1. The number of sulfonamides is 1. The lowest BCUT2D eigenvalue weighted by Crippen LogP contribution is -2.43. The average molecular weight is 360 g/mol. The van der Waals surface area contributed by atoms with Crippen molar-refractivity contribution in [1.29, 1.82) is 0 Å². The van der Waals surface area contributed by atoms with E-state index in [0.717, 1.165) is 16.3 Å². The summed E-state index contributed by atoms with van der Waals surface area (Å²) in [5, 5.41) is 2.82. The summed E-state index contributed by atoms with van der Waals surface area (Å²) in [6, 6.07) is 15.3. The molecule has 0 fully saturated rings. The summed E-state index contributed by atoms with van der Waals surface area (Å²) < 4.78 is 27.3. The highest BCUT2D eigenvalue weighted by Gasteiger charge is 2.27. The molecule has 0 heterocycles. The van der Waals surface area contributed by atoms with E-state index in [1.54, 1.807) is 36.4 Å². The maximum absolute atomic E-state index is 13.1. The number of carbonyl (C=O) groups is 1. The Morgan fingerprint density at radius 2 is 1.80 bits per heavy atom. The molecule has 134 valence electrons. The first-order chi connectivity index (χ1) is 11.8. The molecule has 5 nitrogen and oxygen atoms in total. The highest BCUT2D eigenvalue weighted by atomic mass is 32.2. The van der Waals surface area contributed by atoms with Crippen molar-refractivity contribution < 1.29 is 13.2 Å². The molecule has 0 radical (unpaired) electrons. The fourth-order valence-corrected chi connectivity index (χ4v) is 3.80. The fourth-order valence-electron chi connectivity index (χ4n) is 2.37. The minimum atomic E-state index is -3.84. The number of carbonyl (C=O) groups excluding carboxylic acids is 1. The van der Waals surface area contributed by atoms with Gasteiger partial charge in [0, 0.05) is 6.04 Å². The summed E-state index contributed by atoms with van der Waals surface area (Å²) in [6.07, 6.45) is 0.779. The molecule has 1 amide bonds. The van der Waals surface area contributed by atoms with Crippen molar-refractivity contribution in [3.05, 3.63) is 60.2 Å². The Morgan fingerprint density at radius 1 is 1.12 bits per heavy atom. The lowest BCUT2D eigenvalue weighted by atomic mass is 10.2. The van der Waals surface area contributed by atoms with E-state index in [4.69, 9.17) is 0 Å². The maximum atomic E-state index is 13.1. The number of aryl methyl sites for hydroxylation is 1. The van der Waals surface area contributed by atoms with Crippen LogP contribution in [0.15, 0.2) is 59.5 Å². The summed E-state index contributed by atoms with van der Waals surface area (Å²) in [5.41, 5.74) is 1.40. The smallest absolute Gasteiger partial charge is 0.264 e. The third-order valence-electron chi connectivity index (χ3n) is 3.93. The molecule has 0 aliphatic carbocycles. The van der Waals surface area contributed by atoms with Gasteiger partial charge in [0.2, 0.25) is 5.91 Å². The van der Waals surface area contributed by atoms with E-state index in [9.17, 15) is 13.2 Å². The maximum Gasteiger partial charge on any atom is 0.264 e. The number of hydrogen-bond acceptors (Lipinski definition) is 3. The molecular formula is C19H24N2O3S. The van der Waals surface area contributed by atoms with E-state index in [1.807, 2.05) is 26.8 Å². The van der Waals surface area contributed by atoms with Crippen LogP contribution in [0.3, 0.4) is 0 Å². The highest BCUT2D eigenvalue weighted by Crippen LogP contribution is 2.24. The third kappa shape index (κ3) is 4.82. The Hall–Kier alpha value is -2.34. The first-order valence-corrected chi connectivity index (χ1v) is 9.72. The zero-order valence-electron chi connectivity index (χ0n) is 14.8. The third-order valence-corrected chi connectivity index (χ3v) is 5.72. The molecule has 0 saturated heterocycles. The van der Waals surface area contributed by atoms with E-state index >= 15 is 0 Å². The van der Waals surface area contributed by atoms with Crippen LogP contribution in [0.2, 0.25) is 0 Å². The Bertz CT molecular complexity index is 820. The van der Waals surface area contributed by atoms with E-state index < -0.39 is 10.0 Å². The van der Waals surface area contributed by atoms with E-state index in [1.165, 1.54) is 12.1 Å². The zero-order valence-corrected chi connectivity index (χ0v) is 15.6. The molecular weight excluding hydrogens is 336 g/mol. The molecule has 0 spiro atoms. The van der Waals surface area contributed by atoms with Gasteiger partial charge < -0.3 is 5.32 Å². The van der Waals surface area contributed by atoms with E-state index in [-0.39, 0.29) is 23.4 Å². The van der Waals surface area contributed by atoms with Crippen molar-refractivity contribution in [2.75, 3.05) is 10.8 Å². The molecule has 0 bridgehead atoms. The number of anilines is 1. The summed E-state index contributed by atoms with van der Waals surface area (Å²) in [4.78, 5) is 12.5. The largest absolute Gasteiger partial charge is 0.352 e. The second kappa shape index (κ2) is 8.16. The Balaban J connectivity index is 2.41. The second-order valence-corrected chi connectivity index (χ2v) is 7.90. The standard InChI is InChI=1S/C19H24N2O3S/c1-4-16(3)20-19(22)14-21(17-10-8-9-15(2)13-17)25(23,24)18-11-6-5-7-12-18/h5-13,16H,4,14H2,1-3H3,(H,20,22)/t16-/m0/s1. The van der Waals surface area contributed by atoms with Crippen molar-refractivity contribution in [3.8, 4) is 0 Å². The lowest BCUT2D eigenvalue weighted by Gasteiger charge is -2.25. The quantitative estimate of drug-likeness (QED) is 0.825. The highest BCUT2D eigenvalue weighted by molar-refractivity contribution is 7.92. The van der Waals surface area contributed by atoms with Crippen LogP contribution in [0, 0.1) is 6.92 Å². The molecule has 2 aromatic carbocycles. The Labute approximate surface area is 149 Å². The van der Waals surface area contributed by atoms with Gasteiger partial charge in [-0.25, -0.2) is 8.42 Å². The van der Waals surface area contributed by atoms with Gasteiger partial charge >= 0.3 is 0 Å². The van der Waals surface area contributed by atoms with Gasteiger partial charge in [-0.15, -0.1) is 0 Å². The Morgan fingerprint density at radius 3 is 2.40 bits per heavy atom. The van der Waals surface area contributed by atoms with Crippen molar-refractivity contribution in [3.63, 3.8) is 0 Å². The average Bonchev–Trinajstić information content (AvgIpc) is 2.60. The molecule has 25 heavy (non-hydrogen) atoms. The number of amides is 1. The molecule has 6 heteroatoms. The van der Waals surface area contributed by atoms with Gasteiger partial charge in [0.05, 0.1) is 10.6 Å². The molecule has 0 saturated carbocycles. The van der Waals surface area contributed by atoms with Crippen LogP contribution in [-0.2, 0) is 14.8 Å². The van der Waals surface area contributed by atoms with E-state index in [0.29, 0.717) is 5.69 Å². The molecule has 0 aromatic heterocycles. The van der Waals surface area contributed by atoms with Crippen LogP contribution in [0.1, 0.15) is 25.8 Å². The van der Waals surface area contributed by atoms with Crippen LogP contribution >= 0.6 is 0 Å².